The number of amides is 4. The predicted molar refractivity (Wildman–Crippen MR) is 112 cm³/mol. The second-order valence-electron chi connectivity index (χ2n) is 8.57. The van der Waals surface area contributed by atoms with Crippen molar-refractivity contribution in [3.8, 4) is 0 Å². The third kappa shape index (κ3) is 4.98. The number of urea groups is 1. The molecule has 0 unspecified atom stereocenters. The first-order valence-electron chi connectivity index (χ1n) is 10.9. The quantitative estimate of drug-likeness (QED) is 0.718. The molecule has 4 amide bonds. The molecule has 1 spiro atoms. The normalized spacial score (nSPS) is 21.2. The van der Waals surface area contributed by atoms with Crippen molar-refractivity contribution >= 4 is 17.8 Å². The van der Waals surface area contributed by atoms with Gasteiger partial charge >= 0.3 is 6.03 Å². The fourth-order valence-electron chi connectivity index (χ4n) is 4.42. The average Bonchev–Trinajstić information content (AvgIpc) is 2.94. The minimum absolute atomic E-state index is 0.0405. The van der Waals surface area contributed by atoms with E-state index >= 15 is 0 Å². The van der Waals surface area contributed by atoms with E-state index in [2.05, 4.69) is 22.8 Å². The number of carbonyl (C=O) groups excluding carboxylic acids is 3. The van der Waals surface area contributed by atoms with Crippen LogP contribution in [0.1, 0.15) is 70.8 Å². The van der Waals surface area contributed by atoms with Gasteiger partial charge in [-0.25, -0.2) is 9.69 Å². The molecule has 29 heavy (non-hydrogen) atoms. The van der Waals surface area contributed by atoms with Gasteiger partial charge in [-0.1, -0.05) is 62.4 Å². The maximum Gasteiger partial charge on any atom is 0.325 e. The minimum atomic E-state index is -0.815. The summed E-state index contributed by atoms with van der Waals surface area (Å²) < 4.78 is 0. The van der Waals surface area contributed by atoms with Crippen LogP contribution in [0.5, 0.6) is 0 Å². The Balaban J connectivity index is 1.58. The first-order valence-corrected chi connectivity index (χ1v) is 10.9. The molecule has 0 radical (unpaired) electrons. The summed E-state index contributed by atoms with van der Waals surface area (Å²) in [5.74, 6) is -0.513. The van der Waals surface area contributed by atoms with Crippen LogP contribution in [-0.2, 0) is 16.0 Å². The average molecular weight is 400 g/mol. The number of benzene rings is 1. The molecule has 1 aliphatic carbocycles. The molecule has 2 aliphatic rings. The highest BCUT2D eigenvalue weighted by atomic mass is 16.2. The van der Waals surface area contributed by atoms with Crippen molar-refractivity contribution in [3.63, 3.8) is 0 Å². The highest BCUT2D eigenvalue weighted by molar-refractivity contribution is 6.09. The van der Waals surface area contributed by atoms with Crippen LogP contribution in [0.2, 0.25) is 0 Å². The second-order valence-corrected chi connectivity index (χ2v) is 8.57. The second kappa shape index (κ2) is 9.42. The Morgan fingerprint density at radius 2 is 1.69 bits per heavy atom. The molecule has 1 saturated carbocycles. The van der Waals surface area contributed by atoms with E-state index in [9.17, 15) is 14.4 Å². The van der Waals surface area contributed by atoms with Crippen molar-refractivity contribution in [1.29, 1.82) is 0 Å². The van der Waals surface area contributed by atoms with Gasteiger partial charge in [-0.05, 0) is 45.1 Å². The van der Waals surface area contributed by atoms with Gasteiger partial charge in [-0.15, -0.1) is 0 Å². The van der Waals surface area contributed by atoms with Crippen LogP contribution < -0.4 is 10.6 Å². The van der Waals surface area contributed by atoms with E-state index in [1.807, 2.05) is 25.1 Å². The molecular weight excluding hydrogens is 366 g/mol. The molecule has 1 saturated heterocycles. The molecule has 2 N–H and O–H groups in total. The fraction of sp³-hybridized carbons (Fsp3) is 0.609. The zero-order valence-electron chi connectivity index (χ0n) is 17.6. The number of nitrogens with zero attached hydrogens (tertiary/aromatic N) is 1. The number of nitrogens with one attached hydrogen (secondary N) is 2. The molecule has 1 heterocycles. The molecule has 3 rings (SSSR count). The zero-order chi connectivity index (χ0) is 20.9. The Labute approximate surface area is 173 Å². The molecule has 158 valence electrons. The van der Waals surface area contributed by atoms with Crippen molar-refractivity contribution < 1.29 is 14.4 Å². The van der Waals surface area contributed by atoms with Crippen molar-refractivity contribution in [1.82, 2.24) is 15.5 Å². The monoisotopic (exact) mass is 399 g/mol. The van der Waals surface area contributed by atoms with Gasteiger partial charge in [0.15, 0.2) is 0 Å². The van der Waals surface area contributed by atoms with Crippen LogP contribution in [0.25, 0.3) is 0 Å². The molecule has 1 aromatic rings. The van der Waals surface area contributed by atoms with E-state index < -0.39 is 17.6 Å². The van der Waals surface area contributed by atoms with E-state index in [0.717, 1.165) is 43.4 Å². The topological polar surface area (TPSA) is 78.5 Å². The molecule has 1 aliphatic heterocycles. The summed E-state index contributed by atoms with van der Waals surface area (Å²) in [4.78, 5) is 39.7. The Hall–Kier alpha value is -2.37. The number of aryl methyl sites for hydroxylation is 1. The Bertz CT molecular complexity index is 726. The summed E-state index contributed by atoms with van der Waals surface area (Å²) in [5.41, 5.74) is 0.410. The van der Waals surface area contributed by atoms with Crippen LogP contribution in [0.3, 0.4) is 0 Å². The lowest BCUT2D eigenvalue weighted by Gasteiger charge is -2.29. The van der Waals surface area contributed by atoms with Gasteiger partial charge in [0.2, 0.25) is 5.91 Å². The largest absolute Gasteiger partial charge is 0.352 e. The number of carbonyl (C=O) groups is 3. The van der Waals surface area contributed by atoms with Gasteiger partial charge in [0.1, 0.15) is 11.6 Å². The molecule has 6 heteroatoms. The lowest BCUT2D eigenvalue weighted by atomic mass is 9.84. The molecular formula is C23H33N3O3. The van der Waals surface area contributed by atoms with Gasteiger partial charge < -0.3 is 10.6 Å². The lowest BCUT2D eigenvalue weighted by molar-refractivity contribution is -0.138. The zero-order valence-corrected chi connectivity index (χ0v) is 17.6. The third-order valence-electron chi connectivity index (χ3n) is 6.26. The summed E-state index contributed by atoms with van der Waals surface area (Å²) in [6.07, 6.45) is 8.19. The number of hydrogen-bond donors (Lipinski definition) is 2. The van der Waals surface area contributed by atoms with E-state index in [1.54, 1.807) is 6.92 Å². The Morgan fingerprint density at radius 1 is 1.07 bits per heavy atom. The van der Waals surface area contributed by atoms with Crippen LogP contribution in [0, 0.1) is 0 Å². The predicted octanol–water partition coefficient (Wildman–Crippen LogP) is 3.55. The molecule has 6 nitrogen and oxygen atoms in total. The van der Waals surface area contributed by atoms with Gasteiger partial charge in [-0.3, -0.25) is 9.59 Å². The van der Waals surface area contributed by atoms with Crippen molar-refractivity contribution in [3.05, 3.63) is 35.9 Å². The molecule has 2 atom stereocenters. The highest BCUT2D eigenvalue weighted by Crippen LogP contribution is 2.33. The van der Waals surface area contributed by atoms with Crippen LogP contribution in [0.4, 0.5) is 4.79 Å². The van der Waals surface area contributed by atoms with E-state index in [4.69, 9.17) is 0 Å². The first-order chi connectivity index (χ1) is 13.9. The SMILES string of the molecule is C[C@H](CCc1ccccc1)NC(=O)[C@H](C)N1C(=O)NC2(CCCCCCC2)C1=O. The summed E-state index contributed by atoms with van der Waals surface area (Å²) in [7, 11) is 0. The van der Waals surface area contributed by atoms with Crippen molar-refractivity contribution in [2.24, 2.45) is 0 Å². The first kappa shape index (κ1) is 21.3. The van der Waals surface area contributed by atoms with Crippen LogP contribution >= 0.6 is 0 Å². The smallest absolute Gasteiger partial charge is 0.325 e. The molecule has 2 fully saturated rings. The molecule has 1 aromatic carbocycles. The summed E-state index contributed by atoms with van der Waals surface area (Å²) in [6, 6.07) is 8.84. The summed E-state index contributed by atoms with van der Waals surface area (Å²) >= 11 is 0. The summed E-state index contributed by atoms with van der Waals surface area (Å²) in [5, 5.41) is 5.90. The standard InChI is InChI=1S/C23H33N3O3/c1-17(13-14-19-11-7-6-8-12-19)24-20(27)18(2)26-21(28)23(25-22(26)29)15-9-4-3-5-10-16-23/h6-8,11-12,17-18H,3-5,9-10,13-16H2,1-2H3,(H,24,27)(H,25,29)/t17-,18+/m1/s1. The van der Waals surface area contributed by atoms with E-state index in [1.165, 1.54) is 12.0 Å². The number of hydrogen-bond acceptors (Lipinski definition) is 3. The molecule has 0 bridgehead atoms. The highest BCUT2D eigenvalue weighted by Gasteiger charge is 2.52. The maximum absolute atomic E-state index is 13.2. The van der Waals surface area contributed by atoms with E-state index in [-0.39, 0.29) is 17.9 Å². The lowest BCUT2D eigenvalue weighted by Crippen LogP contribution is -2.52. The minimum Gasteiger partial charge on any atom is -0.352 e. The van der Waals surface area contributed by atoms with Gasteiger partial charge in [0.05, 0.1) is 0 Å². The van der Waals surface area contributed by atoms with Gasteiger partial charge in [0.25, 0.3) is 5.91 Å². The van der Waals surface area contributed by atoms with Crippen LogP contribution in [0.15, 0.2) is 30.3 Å². The van der Waals surface area contributed by atoms with Crippen LogP contribution in [-0.4, -0.2) is 40.4 Å². The number of imide groups is 1. The van der Waals surface area contributed by atoms with Gasteiger partial charge in [0, 0.05) is 6.04 Å². The summed E-state index contributed by atoms with van der Waals surface area (Å²) in [6.45, 7) is 3.59. The third-order valence-corrected chi connectivity index (χ3v) is 6.26. The maximum atomic E-state index is 13.2. The number of rotatable bonds is 6. The van der Waals surface area contributed by atoms with Crippen molar-refractivity contribution in [2.45, 2.75) is 89.3 Å². The van der Waals surface area contributed by atoms with Gasteiger partial charge in [-0.2, -0.15) is 0 Å². The van der Waals surface area contributed by atoms with E-state index in [0.29, 0.717) is 12.8 Å². The Kier molecular flexibility index (Phi) is 6.93. The molecule has 0 aromatic heterocycles. The Morgan fingerprint density at radius 3 is 2.34 bits per heavy atom. The van der Waals surface area contributed by atoms with Crippen molar-refractivity contribution in [2.75, 3.05) is 0 Å². The fourth-order valence-corrected chi connectivity index (χ4v) is 4.42.